The van der Waals surface area contributed by atoms with E-state index in [0.29, 0.717) is 23.1 Å². The maximum Gasteiger partial charge on any atom is 0.179 e. The first-order chi connectivity index (χ1) is 10.2. The lowest BCUT2D eigenvalue weighted by atomic mass is 9.98. The Labute approximate surface area is 156 Å². The molecule has 0 amide bonds. The van der Waals surface area contributed by atoms with E-state index < -0.39 is 0 Å². The summed E-state index contributed by atoms with van der Waals surface area (Å²) in [5.41, 5.74) is 1.12. The molecule has 134 valence electrons. The molecule has 0 saturated carbocycles. The number of rotatable bonds is 7. The van der Waals surface area contributed by atoms with Crippen molar-refractivity contribution >= 4 is 11.6 Å². The largest absolute Gasteiger partial charge is 1.00 e. The van der Waals surface area contributed by atoms with Crippen LogP contribution in [0.25, 0.3) is 0 Å². The molecule has 7 heteroatoms. The van der Waals surface area contributed by atoms with Gasteiger partial charge in [-0.3, -0.25) is 0 Å². The van der Waals surface area contributed by atoms with Crippen molar-refractivity contribution in [2.75, 3.05) is 33.4 Å². The van der Waals surface area contributed by atoms with Crippen LogP contribution in [0.4, 0.5) is 0 Å². The van der Waals surface area contributed by atoms with Crippen LogP contribution in [-0.2, 0) is 6.54 Å². The van der Waals surface area contributed by atoms with Crippen LogP contribution in [0.2, 0.25) is 5.02 Å². The van der Waals surface area contributed by atoms with Gasteiger partial charge in [0.1, 0.15) is 0 Å². The van der Waals surface area contributed by atoms with Gasteiger partial charge in [0.2, 0.25) is 0 Å². The third-order valence-corrected chi connectivity index (χ3v) is 4.07. The predicted octanol–water partition coefficient (Wildman–Crippen LogP) is -3.16. The minimum Gasteiger partial charge on any atom is -1.00 e. The molecule has 0 aromatic heterocycles. The molecular weight excluding hydrogens is 359 g/mol. The third-order valence-electron chi connectivity index (χ3n) is 3.79. The summed E-state index contributed by atoms with van der Waals surface area (Å²) in [6.07, 6.45) is 2.50. The number of nitrogens with one attached hydrogen (secondary N) is 2. The molecule has 0 aliphatic carbocycles. The zero-order valence-corrected chi connectivity index (χ0v) is 15.9. The van der Waals surface area contributed by atoms with E-state index in [4.69, 9.17) is 21.1 Å². The summed E-state index contributed by atoms with van der Waals surface area (Å²) in [7, 11) is 1.61. The van der Waals surface area contributed by atoms with Crippen molar-refractivity contribution < 1.29 is 34.3 Å². The first kappa shape index (κ1) is 22.6. The van der Waals surface area contributed by atoms with Gasteiger partial charge in [0, 0.05) is 6.54 Å². The second-order valence-corrected chi connectivity index (χ2v) is 5.77. The lowest BCUT2D eigenvalue weighted by Gasteiger charge is -2.23. The van der Waals surface area contributed by atoms with Crippen molar-refractivity contribution in [1.29, 1.82) is 0 Å². The van der Waals surface area contributed by atoms with Crippen LogP contribution in [0.1, 0.15) is 25.3 Å². The molecule has 0 atom stereocenters. The first-order valence-corrected chi connectivity index (χ1v) is 8.03. The second kappa shape index (κ2) is 12.0. The molecule has 1 aliphatic rings. The molecule has 1 aliphatic heterocycles. The molecule has 2 N–H and O–H groups in total. The van der Waals surface area contributed by atoms with Crippen molar-refractivity contribution in [3.63, 3.8) is 0 Å². The van der Waals surface area contributed by atoms with E-state index in [-0.39, 0.29) is 24.8 Å². The van der Waals surface area contributed by atoms with E-state index in [9.17, 15) is 0 Å². The van der Waals surface area contributed by atoms with E-state index in [1.807, 2.05) is 19.1 Å². The minimum atomic E-state index is 0. The Morgan fingerprint density at radius 3 is 2.57 bits per heavy atom. The average molecular weight is 384 g/mol. The monoisotopic (exact) mass is 382 g/mol. The fourth-order valence-electron chi connectivity index (χ4n) is 2.69. The Morgan fingerprint density at radius 1 is 1.26 bits per heavy atom. The van der Waals surface area contributed by atoms with Gasteiger partial charge in [-0.1, -0.05) is 11.6 Å². The lowest BCUT2D eigenvalue weighted by molar-refractivity contribution is -0.00100. The van der Waals surface area contributed by atoms with Gasteiger partial charge in [0.15, 0.2) is 11.5 Å². The average Bonchev–Trinajstić information content (AvgIpc) is 2.48. The molecule has 1 aromatic carbocycles. The molecule has 4 nitrogen and oxygen atoms in total. The smallest absolute Gasteiger partial charge is 0.179 e. The van der Waals surface area contributed by atoms with E-state index >= 15 is 0 Å². The van der Waals surface area contributed by atoms with Gasteiger partial charge >= 0.3 is 0 Å². The molecular formula is C16H25Cl3N2O2-2. The van der Waals surface area contributed by atoms with Gasteiger partial charge in [-0.25, -0.2) is 0 Å². The summed E-state index contributed by atoms with van der Waals surface area (Å²) in [6.45, 7) is 6.67. The second-order valence-electron chi connectivity index (χ2n) is 5.37. The first-order valence-electron chi connectivity index (χ1n) is 7.65. The highest BCUT2D eigenvalue weighted by Crippen LogP contribution is 2.36. The summed E-state index contributed by atoms with van der Waals surface area (Å²) in [5.74, 6) is 2.10. The molecule has 0 spiro atoms. The molecule has 23 heavy (non-hydrogen) atoms. The van der Waals surface area contributed by atoms with Crippen molar-refractivity contribution in [2.45, 2.75) is 26.3 Å². The predicted molar refractivity (Wildman–Crippen MR) is 86.5 cm³/mol. The van der Waals surface area contributed by atoms with E-state index in [1.165, 1.54) is 12.8 Å². The SMILES string of the molecule is CCOc1cc(CNCC2CCNCC2)cc(Cl)c1OC.[Cl-].[Cl-]. The van der Waals surface area contributed by atoms with Crippen molar-refractivity contribution in [1.82, 2.24) is 10.6 Å². The van der Waals surface area contributed by atoms with Crippen LogP contribution >= 0.6 is 11.6 Å². The molecule has 1 fully saturated rings. The van der Waals surface area contributed by atoms with E-state index in [0.717, 1.165) is 37.7 Å². The topological polar surface area (TPSA) is 42.5 Å². The van der Waals surface area contributed by atoms with Crippen LogP contribution in [0.15, 0.2) is 12.1 Å². The van der Waals surface area contributed by atoms with Gasteiger partial charge < -0.3 is 44.9 Å². The van der Waals surface area contributed by atoms with Crippen LogP contribution in [0.3, 0.4) is 0 Å². The number of hydrogen-bond acceptors (Lipinski definition) is 4. The van der Waals surface area contributed by atoms with Crippen LogP contribution in [-0.4, -0.2) is 33.4 Å². The molecule has 0 radical (unpaired) electrons. The molecule has 1 heterocycles. The van der Waals surface area contributed by atoms with Gasteiger partial charge in [-0.15, -0.1) is 0 Å². The number of benzene rings is 1. The molecule has 1 saturated heterocycles. The maximum absolute atomic E-state index is 6.26. The highest BCUT2D eigenvalue weighted by Gasteiger charge is 2.14. The number of methoxy groups -OCH3 is 1. The molecule has 0 bridgehead atoms. The number of hydrogen-bond donors (Lipinski definition) is 2. The third kappa shape index (κ3) is 6.94. The quantitative estimate of drug-likeness (QED) is 0.522. The highest BCUT2D eigenvalue weighted by atomic mass is 35.5. The Kier molecular flexibility index (Phi) is 11.8. The van der Waals surface area contributed by atoms with Crippen molar-refractivity contribution in [3.05, 3.63) is 22.7 Å². The standard InChI is InChI=1S/C16H25ClN2O2.2ClH/c1-3-21-15-9-13(8-14(17)16(15)20-2)11-19-10-12-4-6-18-7-5-12;;/h8-9,12,18-19H,3-7,10-11H2,1-2H3;2*1H/p-2. The Hall–Kier alpha value is -0.390. The summed E-state index contributed by atoms with van der Waals surface area (Å²) in [5, 5.41) is 7.51. The maximum atomic E-state index is 6.26. The van der Waals surface area contributed by atoms with E-state index in [1.54, 1.807) is 7.11 Å². The summed E-state index contributed by atoms with van der Waals surface area (Å²) < 4.78 is 10.9. The van der Waals surface area contributed by atoms with Gasteiger partial charge in [-0.2, -0.15) is 0 Å². The van der Waals surface area contributed by atoms with Gasteiger partial charge in [-0.05, 0) is 63.0 Å². The number of halogens is 3. The van der Waals surface area contributed by atoms with Crippen molar-refractivity contribution in [3.8, 4) is 11.5 Å². The fraction of sp³-hybridized carbons (Fsp3) is 0.625. The Bertz CT molecular complexity index is 455. The molecule has 1 aromatic rings. The molecule has 0 unspecified atom stereocenters. The Balaban J connectivity index is 0.00000242. The summed E-state index contributed by atoms with van der Waals surface area (Å²) in [6, 6.07) is 3.95. The number of piperidine rings is 1. The van der Waals surface area contributed by atoms with Crippen molar-refractivity contribution in [2.24, 2.45) is 5.92 Å². The number of ether oxygens (including phenoxy) is 2. The highest BCUT2D eigenvalue weighted by molar-refractivity contribution is 6.32. The van der Waals surface area contributed by atoms with Gasteiger partial charge in [0.25, 0.3) is 0 Å². The van der Waals surface area contributed by atoms with Gasteiger partial charge in [0.05, 0.1) is 18.7 Å². The summed E-state index contributed by atoms with van der Waals surface area (Å²) >= 11 is 6.26. The zero-order chi connectivity index (χ0) is 15.1. The van der Waals surface area contributed by atoms with Crippen LogP contribution in [0, 0.1) is 5.92 Å². The fourth-order valence-corrected chi connectivity index (χ4v) is 3.00. The minimum absolute atomic E-state index is 0. The Morgan fingerprint density at radius 2 is 1.96 bits per heavy atom. The van der Waals surface area contributed by atoms with Crippen LogP contribution < -0.4 is 44.9 Å². The summed E-state index contributed by atoms with van der Waals surface area (Å²) in [4.78, 5) is 0. The zero-order valence-electron chi connectivity index (χ0n) is 13.6. The van der Waals surface area contributed by atoms with E-state index in [2.05, 4.69) is 10.6 Å². The molecule has 2 rings (SSSR count). The normalized spacial score (nSPS) is 14.6. The lowest BCUT2D eigenvalue weighted by Crippen LogP contribution is -3.00. The van der Waals surface area contributed by atoms with Crippen LogP contribution in [0.5, 0.6) is 11.5 Å².